The van der Waals surface area contributed by atoms with Gasteiger partial charge in [-0.2, -0.15) is 0 Å². The molecule has 0 fully saturated rings. The van der Waals surface area contributed by atoms with Crippen LogP contribution in [0.5, 0.6) is 11.8 Å². The van der Waals surface area contributed by atoms with Crippen LogP contribution in [-0.2, 0) is 24.5 Å². The Morgan fingerprint density at radius 3 is 2.38 bits per heavy atom. The molecule has 0 spiro atoms. The number of sulfone groups is 2. The minimum absolute atomic E-state index is 0.0606. The van der Waals surface area contributed by atoms with Crippen molar-refractivity contribution in [3.05, 3.63) is 58.7 Å². The highest BCUT2D eigenvalue weighted by atomic mass is 32.2. The fourth-order valence-corrected chi connectivity index (χ4v) is 5.39. The first-order chi connectivity index (χ1) is 16.2. The van der Waals surface area contributed by atoms with Crippen LogP contribution in [0.1, 0.15) is 6.42 Å². The van der Waals surface area contributed by atoms with Gasteiger partial charge in [0.2, 0.25) is 9.84 Å². The Labute approximate surface area is 191 Å². The van der Waals surface area contributed by atoms with E-state index in [0.717, 1.165) is 0 Å². The molecule has 1 aliphatic rings. The molecule has 0 saturated carbocycles. The smallest absolute Gasteiger partial charge is 0.415 e. The molecular weight excluding hydrogens is 496 g/mol. The Balaban J connectivity index is 1.45. The van der Waals surface area contributed by atoms with Gasteiger partial charge in [0.25, 0.3) is 20.7 Å². The summed E-state index contributed by atoms with van der Waals surface area (Å²) >= 11 is 0. The first kappa shape index (κ1) is 23.1. The molecule has 0 atom stereocenters. The summed E-state index contributed by atoms with van der Waals surface area (Å²) in [6, 6.07) is 7.39. The Morgan fingerprint density at radius 1 is 0.971 bits per heavy atom. The second-order valence-corrected chi connectivity index (χ2v) is 10.3. The van der Waals surface area contributed by atoms with E-state index in [1.54, 1.807) is 6.07 Å². The Hall–Kier alpha value is -4.05. The predicted molar refractivity (Wildman–Crippen MR) is 107 cm³/mol. The number of ketones is 1. The van der Waals surface area contributed by atoms with Gasteiger partial charge in [0.05, 0.1) is 15.0 Å². The van der Waals surface area contributed by atoms with E-state index < -0.39 is 60.3 Å². The van der Waals surface area contributed by atoms with E-state index in [2.05, 4.69) is 24.7 Å². The third-order valence-corrected chi connectivity index (χ3v) is 7.81. The summed E-state index contributed by atoms with van der Waals surface area (Å²) in [4.78, 5) is 10.8. The number of carbonyl (C=O) groups excluding carboxylic acids is 1. The summed E-state index contributed by atoms with van der Waals surface area (Å²) in [6.45, 7) is -0.759. The summed E-state index contributed by atoms with van der Waals surface area (Å²) < 4.78 is 70.1. The maximum atomic E-state index is 12.8. The minimum Gasteiger partial charge on any atom is -0.470 e. The Kier molecular flexibility index (Phi) is 6.16. The van der Waals surface area contributed by atoms with Gasteiger partial charge in [-0.1, -0.05) is 24.3 Å². The van der Waals surface area contributed by atoms with Gasteiger partial charge >= 0.3 is 10.9 Å². The summed E-state index contributed by atoms with van der Waals surface area (Å²) in [5.41, 5.74) is 0. The molecule has 4 rings (SSSR count). The van der Waals surface area contributed by atoms with E-state index >= 15 is 0 Å². The van der Waals surface area contributed by atoms with Crippen molar-refractivity contribution >= 4 is 25.5 Å². The molecule has 1 aromatic carbocycles. The minimum atomic E-state index is -4.45. The number of allylic oxidation sites excluding steroid dienone is 4. The number of carbonyl (C=O) groups is 1. The number of benzene rings is 1. The molecule has 0 radical (unpaired) electrons. The van der Waals surface area contributed by atoms with Crippen molar-refractivity contribution in [1.82, 2.24) is 15.5 Å². The maximum absolute atomic E-state index is 12.8. The third kappa shape index (κ3) is 4.40. The van der Waals surface area contributed by atoms with Gasteiger partial charge in [0.1, 0.15) is 13.2 Å². The van der Waals surface area contributed by atoms with Crippen LogP contribution < -0.4 is 14.4 Å². The van der Waals surface area contributed by atoms with Crippen LogP contribution >= 0.6 is 0 Å². The van der Waals surface area contributed by atoms with Gasteiger partial charge < -0.3 is 14.7 Å². The molecule has 0 N–H and O–H groups in total. The van der Waals surface area contributed by atoms with Gasteiger partial charge in [0, 0.05) is 6.42 Å². The zero-order chi connectivity index (χ0) is 24.3. The van der Waals surface area contributed by atoms with Crippen LogP contribution in [-0.4, -0.2) is 51.3 Å². The molecule has 178 valence electrons. The average Bonchev–Trinajstić information content (AvgIpc) is 3.44. The van der Waals surface area contributed by atoms with E-state index in [1.165, 1.54) is 42.5 Å². The second kappa shape index (κ2) is 9.06. The van der Waals surface area contributed by atoms with E-state index in [0.29, 0.717) is 0 Å². The number of aromatic nitrogens is 4. The number of rotatable bonds is 9. The topological polar surface area (TPSA) is 196 Å². The van der Waals surface area contributed by atoms with E-state index in [4.69, 9.17) is 9.47 Å². The average molecular weight is 510 g/mol. The van der Waals surface area contributed by atoms with Crippen LogP contribution in [0.2, 0.25) is 0 Å². The lowest BCUT2D eigenvalue weighted by Gasteiger charge is -2.08. The summed E-state index contributed by atoms with van der Waals surface area (Å²) in [7, 11) is -8.53. The number of hydrogen-bond donors (Lipinski definition) is 0. The lowest BCUT2D eigenvalue weighted by molar-refractivity contribution is -0.832. The van der Waals surface area contributed by atoms with Crippen molar-refractivity contribution in [2.24, 2.45) is 0 Å². The summed E-state index contributed by atoms with van der Waals surface area (Å²) in [6.07, 6.45) is 3.16. The van der Waals surface area contributed by atoms with Crippen LogP contribution in [0.3, 0.4) is 0 Å². The molecule has 1 aliphatic carbocycles. The number of nitrogens with zero attached hydrogens (tertiary/aromatic N) is 4. The molecule has 3 aromatic rings. The van der Waals surface area contributed by atoms with Crippen molar-refractivity contribution in [3.63, 3.8) is 0 Å². The second-order valence-electron chi connectivity index (χ2n) is 6.57. The molecule has 0 aliphatic heterocycles. The molecule has 0 saturated heterocycles. The standard InChI is InChI=1S/C18H14N4O10S2/c23-12-5-4-8-14(11-12)34(27,28)18-16(20-32-22(18)24)30-10-9-29-15-17(21-31-19-15)33(25,26)13-6-2-1-3-7-13/h1-8H,9-11H2. The summed E-state index contributed by atoms with van der Waals surface area (Å²) in [5.74, 6) is -1.58. The monoisotopic (exact) mass is 510 g/mol. The lowest BCUT2D eigenvalue weighted by atomic mass is 10.2. The molecule has 2 heterocycles. The van der Waals surface area contributed by atoms with E-state index in [9.17, 15) is 26.8 Å². The Morgan fingerprint density at radius 2 is 1.68 bits per heavy atom. The fraction of sp³-hybridized carbons (Fsp3) is 0.167. The number of ether oxygens (including phenoxy) is 2. The van der Waals surface area contributed by atoms with Crippen LogP contribution in [0.25, 0.3) is 0 Å². The van der Waals surface area contributed by atoms with Crippen LogP contribution in [0, 0.1) is 5.21 Å². The lowest BCUT2D eigenvalue weighted by Crippen LogP contribution is -2.32. The predicted octanol–water partition coefficient (Wildman–Crippen LogP) is 0.168. The molecule has 16 heteroatoms. The normalized spacial score (nSPS) is 14.1. The molecule has 0 unspecified atom stereocenters. The van der Waals surface area contributed by atoms with Gasteiger partial charge in [0.15, 0.2) is 5.78 Å². The van der Waals surface area contributed by atoms with Crippen molar-refractivity contribution in [1.29, 1.82) is 0 Å². The fourth-order valence-electron chi connectivity index (χ4n) is 2.80. The zero-order valence-electron chi connectivity index (χ0n) is 16.9. The van der Waals surface area contributed by atoms with Gasteiger partial charge in [-0.05, 0) is 39.5 Å². The molecule has 0 amide bonds. The maximum Gasteiger partial charge on any atom is 0.415 e. The zero-order valence-corrected chi connectivity index (χ0v) is 18.6. The first-order valence-corrected chi connectivity index (χ1v) is 12.3. The van der Waals surface area contributed by atoms with Crippen molar-refractivity contribution in [2.45, 2.75) is 21.4 Å². The van der Waals surface area contributed by atoms with E-state index in [1.807, 2.05) is 0 Å². The van der Waals surface area contributed by atoms with Crippen LogP contribution in [0.15, 0.2) is 77.7 Å². The highest BCUT2D eigenvalue weighted by molar-refractivity contribution is 7.95. The van der Waals surface area contributed by atoms with Crippen LogP contribution in [0.4, 0.5) is 0 Å². The summed E-state index contributed by atoms with van der Waals surface area (Å²) in [5, 5.41) is 20.4. The van der Waals surface area contributed by atoms with Gasteiger partial charge in [-0.25, -0.2) is 21.5 Å². The quantitative estimate of drug-likeness (QED) is 0.279. The van der Waals surface area contributed by atoms with Crippen molar-refractivity contribution < 1.29 is 45.3 Å². The third-order valence-electron chi connectivity index (χ3n) is 4.36. The number of hydrogen-bond acceptors (Lipinski definition) is 13. The highest BCUT2D eigenvalue weighted by Crippen LogP contribution is 2.28. The molecule has 14 nitrogen and oxygen atoms in total. The SMILES string of the molecule is O=C1C=CC=C(S(=O)(=O)c2c(OCCOc3nonc3S(=O)(=O)c3ccccc3)no[n+]2[O-])C1. The highest BCUT2D eigenvalue weighted by Gasteiger charge is 2.38. The molecule has 0 bridgehead atoms. The molecular formula is C18H14N4O10S2. The largest absolute Gasteiger partial charge is 0.470 e. The van der Waals surface area contributed by atoms with E-state index in [-0.39, 0.29) is 21.3 Å². The van der Waals surface area contributed by atoms with Gasteiger partial charge in [-0.3, -0.25) is 9.42 Å². The van der Waals surface area contributed by atoms with Gasteiger partial charge in [-0.15, -0.1) is 0 Å². The molecule has 2 aromatic heterocycles. The van der Waals surface area contributed by atoms with Crippen molar-refractivity contribution in [3.8, 4) is 11.8 Å². The molecule has 34 heavy (non-hydrogen) atoms. The van der Waals surface area contributed by atoms with Crippen molar-refractivity contribution in [2.75, 3.05) is 13.2 Å². The first-order valence-electron chi connectivity index (χ1n) is 9.34. The Bertz CT molecular complexity index is 1490.